The first-order chi connectivity index (χ1) is 12.7. The van der Waals surface area contributed by atoms with Crippen LogP contribution in [0.4, 0.5) is 0 Å². The van der Waals surface area contributed by atoms with Gasteiger partial charge in [0.15, 0.2) is 5.96 Å². The molecule has 0 aliphatic carbocycles. The summed E-state index contributed by atoms with van der Waals surface area (Å²) in [6.07, 6.45) is 1.74. The third kappa shape index (κ3) is 4.30. The average molecular weight is 351 g/mol. The van der Waals surface area contributed by atoms with Crippen LogP contribution < -0.4 is 10.6 Å². The molecule has 1 aromatic carbocycles. The smallest absolute Gasteiger partial charge is 0.191 e. The van der Waals surface area contributed by atoms with Crippen LogP contribution in [0, 0.1) is 13.8 Å². The molecule has 0 radical (unpaired) electrons. The Bertz CT molecular complexity index is 862. The number of hydrogen-bond donors (Lipinski definition) is 3. The summed E-state index contributed by atoms with van der Waals surface area (Å²) in [4.78, 5) is 4.72. The van der Waals surface area contributed by atoms with E-state index in [9.17, 15) is 0 Å². The maximum atomic E-state index is 4.72. The highest BCUT2D eigenvalue weighted by Gasteiger charge is 2.08. The Morgan fingerprint density at radius 1 is 1.19 bits per heavy atom. The number of aryl methyl sites for hydroxylation is 2. The Hall–Kier alpha value is -3.09. The fourth-order valence-electron chi connectivity index (χ4n) is 2.79. The summed E-state index contributed by atoms with van der Waals surface area (Å²) in [5.74, 6) is 0.769. The van der Waals surface area contributed by atoms with Gasteiger partial charge in [0.25, 0.3) is 0 Å². The number of benzene rings is 1. The third-order valence-electron chi connectivity index (χ3n) is 3.99. The number of nitrogens with zero attached hydrogens (tertiary/aromatic N) is 4. The summed E-state index contributed by atoms with van der Waals surface area (Å²) >= 11 is 0. The largest absolute Gasteiger partial charge is 0.357 e. The Balaban J connectivity index is 1.78. The molecule has 7 nitrogen and oxygen atoms in total. The zero-order valence-corrected chi connectivity index (χ0v) is 15.5. The van der Waals surface area contributed by atoms with E-state index in [4.69, 9.17) is 4.99 Å². The molecule has 0 saturated carbocycles. The highest BCUT2D eigenvalue weighted by atomic mass is 15.3. The molecule has 3 rings (SSSR count). The van der Waals surface area contributed by atoms with Crippen molar-refractivity contribution in [2.75, 3.05) is 6.54 Å². The van der Waals surface area contributed by atoms with E-state index < -0.39 is 0 Å². The molecule has 0 unspecified atom stereocenters. The molecule has 3 N–H and O–H groups in total. The van der Waals surface area contributed by atoms with Gasteiger partial charge in [-0.15, -0.1) is 0 Å². The van der Waals surface area contributed by atoms with E-state index in [0.29, 0.717) is 13.1 Å². The molecule has 0 saturated heterocycles. The van der Waals surface area contributed by atoms with Crippen LogP contribution in [-0.4, -0.2) is 32.5 Å². The summed E-state index contributed by atoms with van der Waals surface area (Å²) < 4.78 is 1.98. The summed E-state index contributed by atoms with van der Waals surface area (Å²) in [6.45, 7) is 8.13. The monoisotopic (exact) mass is 351 g/mol. The lowest BCUT2D eigenvalue weighted by Crippen LogP contribution is -2.36. The molecule has 7 heteroatoms. The van der Waals surface area contributed by atoms with E-state index in [-0.39, 0.29) is 0 Å². The van der Waals surface area contributed by atoms with Crippen molar-refractivity contribution in [2.24, 2.45) is 4.99 Å². The zero-order valence-electron chi connectivity index (χ0n) is 15.5. The molecule has 0 aliphatic heterocycles. The van der Waals surface area contributed by atoms with Gasteiger partial charge in [-0.2, -0.15) is 10.2 Å². The van der Waals surface area contributed by atoms with Crippen molar-refractivity contribution >= 4 is 5.96 Å². The maximum absolute atomic E-state index is 4.72. The van der Waals surface area contributed by atoms with Crippen LogP contribution in [0.3, 0.4) is 0 Å². The number of para-hydroxylation sites is 1. The molecule has 26 heavy (non-hydrogen) atoms. The van der Waals surface area contributed by atoms with Gasteiger partial charge in [0.2, 0.25) is 0 Å². The second-order valence-corrected chi connectivity index (χ2v) is 6.10. The molecule has 0 atom stereocenters. The minimum Gasteiger partial charge on any atom is -0.357 e. The van der Waals surface area contributed by atoms with E-state index in [1.807, 2.05) is 29.8 Å². The number of guanidine groups is 1. The number of aromatic nitrogens is 4. The van der Waals surface area contributed by atoms with Crippen molar-refractivity contribution < 1.29 is 0 Å². The van der Waals surface area contributed by atoms with Crippen LogP contribution in [0.2, 0.25) is 0 Å². The molecule has 0 amide bonds. The Labute approximate surface area is 153 Å². The van der Waals surface area contributed by atoms with Crippen molar-refractivity contribution in [3.05, 3.63) is 65.2 Å². The number of rotatable bonds is 6. The van der Waals surface area contributed by atoms with Crippen LogP contribution in [0.1, 0.15) is 29.6 Å². The normalized spacial score (nSPS) is 11.6. The van der Waals surface area contributed by atoms with Gasteiger partial charge < -0.3 is 10.6 Å². The Morgan fingerprint density at radius 3 is 2.73 bits per heavy atom. The first-order valence-electron chi connectivity index (χ1n) is 8.79. The van der Waals surface area contributed by atoms with E-state index in [0.717, 1.165) is 40.8 Å². The Morgan fingerprint density at radius 2 is 2.04 bits per heavy atom. The van der Waals surface area contributed by atoms with Gasteiger partial charge in [-0.25, -0.2) is 9.67 Å². The summed E-state index contributed by atoms with van der Waals surface area (Å²) in [6, 6.07) is 12.2. The predicted octanol–water partition coefficient (Wildman–Crippen LogP) is 2.47. The van der Waals surface area contributed by atoms with Crippen molar-refractivity contribution in [1.82, 2.24) is 30.6 Å². The van der Waals surface area contributed by atoms with E-state index >= 15 is 0 Å². The van der Waals surface area contributed by atoms with Gasteiger partial charge in [-0.1, -0.05) is 18.2 Å². The topological polar surface area (TPSA) is 82.9 Å². The van der Waals surface area contributed by atoms with Crippen LogP contribution in [0.15, 0.2) is 47.6 Å². The van der Waals surface area contributed by atoms with Crippen LogP contribution in [0.25, 0.3) is 5.69 Å². The fourth-order valence-corrected chi connectivity index (χ4v) is 2.79. The first-order valence-corrected chi connectivity index (χ1v) is 8.79. The molecule has 0 bridgehead atoms. The van der Waals surface area contributed by atoms with Crippen LogP contribution in [0.5, 0.6) is 0 Å². The molecule has 3 aromatic rings. The lowest BCUT2D eigenvalue weighted by molar-refractivity contribution is 0.788. The number of nitrogens with one attached hydrogen (secondary N) is 3. The molecule has 2 heterocycles. The van der Waals surface area contributed by atoms with Gasteiger partial charge in [0.1, 0.15) is 0 Å². The second kappa shape index (κ2) is 8.33. The first kappa shape index (κ1) is 17.7. The summed E-state index contributed by atoms with van der Waals surface area (Å²) in [5.41, 5.74) is 5.32. The molecule has 136 valence electrons. The minimum atomic E-state index is 0.562. The summed E-state index contributed by atoms with van der Waals surface area (Å²) in [7, 11) is 0. The van der Waals surface area contributed by atoms with Gasteiger partial charge in [0.05, 0.1) is 30.2 Å². The predicted molar refractivity (Wildman–Crippen MR) is 103 cm³/mol. The molecule has 0 spiro atoms. The number of aliphatic imine (C=N–C) groups is 1. The molecular formula is C19H25N7. The van der Waals surface area contributed by atoms with E-state index in [1.54, 1.807) is 6.20 Å². The van der Waals surface area contributed by atoms with Crippen molar-refractivity contribution in [1.29, 1.82) is 0 Å². The third-order valence-corrected chi connectivity index (χ3v) is 3.99. The molecule has 2 aromatic heterocycles. The maximum Gasteiger partial charge on any atom is 0.191 e. The number of hydrogen-bond acceptors (Lipinski definition) is 3. The lowest BCUT2D eigenvalue weighted by Gasteiger charge is -2.12. The van der Waals surface area contributed by atoms with Gasteiger partial charge in [-0.3, -0.25) is 5.10 Å². The standard InChI is InChI=1S/C19H25N7/c1-4-20-19(22-13-17-9-10-23-24-17)21-12-16-7-5-6-8-18(16)26-15(3)11-14(2)25-26/h5-11H,4,12-13H2,1-3H3,(H,23,24)(H2,20,21,22). The molecule has 0 fully saturated rings. The van der Waals surface area contributed by atoms with Crippen LogP contribution >= 0.6 is 0 Å². The van der Waals surface area contributed by atoms with Crippen LogP contribution in [-0.2, 0) is 13.1 Å². The lowest BCUT2D eigenvalue weighted by atomic mass is 10.2. The van der Waals surface area contributed by atoms with Crippen molar-refractivity contribution in [3.63, 3.8) is 0 Å². The zero-order chi connectivity index (χ0) is 18.4. The number of aromatic amines is 1. The van der Waals surface area contributed by atoms with Gasteiger partial charge in [0, 0.05) is 18.4 Å². The van der Waals surface area contributed by atoms with Crippen molar-refractivity contribution in [2.45, 2.75) is 33.9 Å². The van der Waals surface area contributed by atoms with E-state index in [2.05, 4.69) is 58.0 Å². The van der Waals surface area contributed by atoms with Gasteiger partial charge in [-0.05, 0) is 44.5 Å². The highest BCUT2D eigenvalue weighted by Crippen LogP contribution is 2.17. The summed E-state index contributed by atoms with van der Waals surface area (Å²) in [5, 5.41) is 18.1. The minimum absolute atomic E-state index is 0.562. The fraction of sp³-hybridized carbons (Fsp3) is 0.316. The Kier molecular flexibility index (Phi) is 5.68. The SMILES string of the molecule is CCNC(=NCc1ccccc1-n1nc(C)cc1C)NCc1ccn[nH]1. The van der Waals surface area contributed by atoms with Gasteiger partial charge >= 0.3 is 0 Å². The van der Waals surface area contributed by atoms with Crippen molar-refractivity contribution in [3.8, 4) is 5.69 Å². The quantitative estimate of drug-likeness (QED) is 0.471. The second-order valence-electron chi connectivity index (χ2n) is 6.10. The molecule has 0 aliphatic rings. The molecular weight excluding hydrogens is 326 g/mol. The average Bonchev–Trinajstić information content (AvgIpc) is 3.27. The number of H-pyrrole nitrogens is 1. The van der Waals surface area contributed by atoms with E-state index in [1.165, 1.54) is 0 Å². The highest BCUT2D eigenvalue weighted by molar-refractivity contribution is 5.79.